The van der Waals surface area contributed by atoms with Gasteiger partial charge in [-0.25, -0.2) is 0 Å². The largest absolute Gasteiger partial charge is 0.371 e. The predicted octanol–water partition coefficient (Wildman–Crippen LogP) is 2.75. The maximum atomic E-state index is 3.39. The van der Waals surface area contributed by atoms with Crippen LogP contribution in [0.5, 0.6) is 0 Å². The van der Waals surface area contributed by atoms with Crippen molar-refractivity contribution in [1.82, 2.24) is 5.32 Å². The summed E-state index contributed by atoms with van der Waals surface area (Å²) >= 11 is 0. The zero-order valence-electron chi connectivity index (χ0n) is 11.1. The summed E-state index contributed by atoms with van der Waals surface area (Å²) < 4.78 is 0. The summed E-state index contributed by atoms with van der Waals surface area (Å²) in [6, 6.07) is 6.89. The summed E-state index contributed by atoms with van der Waals surface area (Å²) in [6.07, 6.45) is 3.79. The van der Waals surface area contributed by atoms with Gasteiger partial charge < -0.3 is 10.2 Å². The molecule has 0 spiro atoms. The molecule has 1 N–H and O–H groups in total. The van der Waals surface area contributed by atoms with Gasteiger partial charge in [-0.15, -0.1) is 0 Å². The molecule has 1 aliphatic rings. The first kappa shape index (κ1) is 12.4. The molecule has 0 bridgehead atoms. The monoisotopic (exact) mass is 232 g/mol. The molecule has 0 radical (unpaired) electrons. The number of hydrogen-bond acceptors (Lipinski definition) is 2. The fourth-order valence-corrected chi connectivity index (χ4v) is 2.61. The van der Waals surface area contributed by atoms with Crippen molar-refractivity contribution in [1.29, 1.82) is 0 Å². The summed E-state index contributed by atoms with van der Waals surface area (Å²) in [5, 5.41) is 3.39. The fourth-order valence-electron chi connectivity index (χ4n) is 2.61. The molecule has 0 saturated carbocycles. The second-order valence-electron chi connectivity index (χ2n) is 4.93. The number of aryl methyl sites for hydroxylation is 2. The van der Waals surface area contributed by atoms with Crippen LogP contribution in [-0.4, -0.2) is 26.2 Å². The Kier molecular flexibility index (Phi) is 4.43. The molecular weight excluding hydrogens is 208 g/mol. The van der Waals surface area contributed by atoms with Gasteiger partial charge in [0.2, 0.25) is 0 Å². The van der Waals surface area contributed by atoms with E-state index in [9.17, 15) is 0 Å². The Bertz CT molecular complexity index is 360. The number of anilines is 1. The van der Waals surface area contributed by atoms with Gasteiger partial charge in [0, 0.05) is 18.8 Å². The quantitative estimate of drug-likeness (QED) is 0.785. The van der Waals surface area contributed by atoms with E-state index < -0.39 is 0 Å². The summed E-state index contributed by atoms with van der Waals surface area (Å²) in [5.74, 6) is 0. The second-order valence-corrected chi connectivity index (χ2v) is 4.93. The van der Waals surface area contributed by atoms with Crippen molar-refractivity contribution in [3.05, 3.63) is 29.3 Å². The van der Waals surface area contributed by atoms with Crippen molar-refractivity contribution < 1.29 is 0 Å². The van der Waals surface area contributed by atoms with E-state index in [4.69, 9.17) is 0 Å². The Morgan fingerprint density at radius 1 is 1.35 bits per heavy atom. The smallest absolute Gasteiger partial charge is 0.0398 e. The molecule has 2 rings (SSSR count). The zero-order chi connectivity index (χ0) is 12.1. The van der Waals surface area contributed by atoms with E-state index >= 15 is 0 Å². The molecule has 94 valence electrons. The normalized spacial score (nSPS) is 14.8. The standard InChI is InChI=1S/C15H24N2/c1-3-16-9-5-11-17-10-4-6-14-12-13(2)7-8-15(14)17/h7-8,12,16H,3-6,9-11H2,1-2H3. The molecule has 1 heterocycles. The summed E-state index contributed by atoms with van der Waals surface area (Å²) in [4.78, 5) is 2.55. The lowest BCUT2D eigenvalue weighted by atomic mass is 9.99. The first-order chi connectivity index (χ1) is 8.31. The summed E-state index contributed by atoms with van der Waals surface area (Å²) in [6.45, 7) is 8.97. The van der Waals surface area contributed by atoms with Crippen molar-refractivity contribution >= 4 is 5.69 Å². The van der Waals surface area contributed by atoms with Gasteiger partial charge in [-0.3, -0.25) is 0 Å². The fraction of sp³-hybridized carbons (Fsp3) is 0.600. The molecule has 2 nitrogen and oxygen atoms in total. The maximum absolute atomic E-state index is 3.39. The number of nitrogens with one attached hydrogen (secondary N) is 1. The molecule has 1 aromatic rings. The van der Waals surface area contributed by atoms with Gasteiger partial charge in [0.15, 0.2) is 0 Å². The number of hydrogen-bond donors (Lipinski definition) is 1. The molecule has 0 amide bonds. The van der Waals surface area contributed by atoms with Crippen LogP contribution in [0.1, 0.15) is 30.9 Å². The van der Waals surface area contributed by atoms with E-state index in [1.807, 2.05) is 0 Å². The molecule has 1 aliphatic heterocycles. The first-order valence-corrected chi connectivity index (χ1v) is 6.86. The van der Waals surface area contributed by atoms with Gasteiger partial charge in [-0.05, 0) is 50.9 Å². The van der Waals surface area contributed by atoms with Crippen molar-refractivity contribution in [3.8, 4) is 0 Å². The minimum Gasteiger partial charge on any atom is -0.371 e. The average Bonchev–Trinajstić information content (AvgIpc) is 2.34. The Morgan fingerprint density at radius 2 is 2.24 bits per heavy atom. The highest BCUT2D eigenvalue weighted by atomic mass is 15.1. The minimum atomic E-state index is 1.08. The second kappa shape index (κ2) is 6.06. The van der Waals surface area contributed by atoms with Crippen molar-refractivity contribution in [2.45, 2.75) is 33.1 Å². The lowest BCUT2D eigenvalue weighted by Gasteiger charge is -2.31. The number of nitrogens with zero attached hydrogens (tertiary/aromatic N) is 1. The maximum Gasteiger partial charge on any atom is 0.0398 e. The van der Waals surface area contributed by atoms with Gasteiger partial charge in [0.05, 0.1) is 0 Å². The van der Waals surface area contributed by atoms with Crippen LogP contribution < -0.4 is 10.2 Å². The lowest BCUT2D eigenvalue weighted by Crippen LogP contribution is -2.32. The van der Waals surface area contributed by atoms with E-state index in [2.05, 4.69) is 42.3 Å². The molecule has 0 fully saturated rings. The number of fused-ring (bicyclic) bond motifs is 1. The van der Waals surface area contributed by atoms with E-state index in [1.165, 1.54) is 43.6 Å². The van der Waals surface area contributed by atoms with Crippen LogP contribution in [0.3, 0.4) is 0 Å². The molecule has 0 unspecified atom stereocenters. The molecule has 1 aromatic carbocycles. The highest BCUT2D eigenvalue weighted by Crippen LogP contribution is 2.27. The van der Waals surface area contributed by atoms with Gasteiger partial charge in [0.1, 0.15) is 0 Å². The topological polar surface area (TPSA) is 15.3 Å². The summed E-state index contributed by atoms with van der Waals surface area (Å²) in [5.41, 5.74) is 4.40. The third-order valence-corrected chi connectivity index (χ3v) is 3.48. The van der Waals surface area contributed by atoms with Gasteiger partial charge in [-0.1, -0.05) is 24.6 Å². The van der Waals surface area contributed by atoms with Crippen LogP contribution in [-0.2, 0) is 6.42 Å². The highest BCUT2D eigenvalue weighted by Gasteiger charge is 2.15. The predicted molar refractivity (Wildman–Crippen MR) is 74.9 cm³/mol. The van der Waals surface area contributed by atoms with E-state index in [-0.39, 0.29) is 0 Å². The molecule has 2 heteroatoms. The van der Waals surface area contributed by atoms with E-state index in [0.29, 0.717) is 0 Å². The number of benzene rings is 1. The summed E-state index contributed by atoms with van der Waals surface area (Å²) in [7, 11) is 0. The lowest BCUT2D eigenvalue weighted by molar-refractivity contribution is 0.625. The third-order valence-electron chi connectivity index (χ3n) is 3.48. The molecule has 0 atom stereocenters. The highest BCUT2D eigenvalue weighted by molar-refractivity contribution is 5.56. The molecule has 17 heavy (non-hydrogen) atoms. The molecule has 0 aliphatic carbocycles. The Balaban J connectivity index is 1.97. The van der Waals surface area contributed by atoms with Crippen LogP contribution in [0.4, 0.5) is 5.69 Å². The van der Waals surface area contributed by atoms with Crippen molar-refractivity contribution in [3.63, 3.8) is 0 Å². The zero-order valence-corrected chi connectivity index (χ0v) is 11.1. The van der Waals surface area contributed by atoms with Crippen LogP contribution in [0.2, 0.25) is 0 Å². The third kappa shape index (κ3) is 3.22. The van der Waals surface area contributed by atoms with Gasteiger partial charge in [0.25, 0.3) is 0 Å². The van der Waals surface area contributed by atoms with E-state index in [1.54, 1.807) is 5.56 Å². The Labute approximate surface area is 105 Å². The SMILES string of the molecule is CCNCCCN1CCCc2cc(C)ccc21. The molecule has 0 saturated heterocycles. The van der Waals surface area contributed by atoms with Crippen LogP contribution in [0.15, 0.2) is 18.2 Å². The van der Waals surface area contributed by atoms with E-state index in [0.717, 1.165) is 13.1 Å². The van der Waals surface area contributed by atoms with Gasteiger partial charge >= 0.3 is 0 Å². The van der Waals surface area contributed by atoms with Crippen LogP contribution in [0.25, 0.3) is 0 Å². The molecule has 0 aromatic heterocycles. The van der Waals surface area contributed by atoms with Gasteiger partial charge in [-0.2, -0.15) is 0 Å². The van der Waals surface area contributed by atoms with Crippen LogP contribution in [0, 0.1) is 6.92 Å². The average molecular weight is 232 g/mol. The van der Waals surface area contributed by atoms with Crippen LogP contribution >= 0.6 is 0 Å². The molecular formula is C15H24N2. The van der Waals surface area contributed by atoms with Crippen molar-refractivity contribution in [2.75, 3.05) is 31.1 Å². The number of rotatable bonds is 5. The minimum absolute atomic E-state index is 1.08. The Morgan fingerprint density at radius 3 is 3.06 bits per heavy atom. The van der Waals surface area contributed by atoms with Crippen molar-refractivity contribution in [2.24, 2.45) is 0 Å². The Hall–Kier alpha value is -1.02. The first-order valence-electron chi connectivity index (χ1n) is 6.86.